The van der Waals surface area contributed by atoms with Gasteiger partial charge >= 0.3 is 0 Å². The van der Waals surface area contributed by atoms with Gasteiger partial charge in [0.2, 0.25) is 0 Å². The van der Waals surface area contributed by atoms with Crippen molar-refractivity contribution in [2.75, 3.05) is 26.2 Å². The number of aliphatic hydroxyl groups excluding tert-OH is 1. The van der Waals surface area contributed by atoms with Crippen molar-refractivity contribution >= 4 is 24.8 Å². The first-order valence-electron chi connectivity index (χ1n) is 3.49. The van der Waals surface area contributed by atoms with E-state index in [0.717, 1.165) is 32.6 Å². The van der Waals surface area contributed by atoms with Crippen LogP contribution in [0, 0.1) is 0 Å². The summed E-state index contributed by atoms with van der Waals surface area (Å²) in [5.41, 5.74) is 0. The Hall–Kier alpha value is 0.460. The highest BCUT2D eigenvalue weighted by molar-refractivity contribution is 5.85. The van der Waals surface area contributed by atoms with Crippen molar-refractivity contribution in [2.24, 2.45) is 0 Å². The molecule has 0 amide bonds. The summed E-state index contributed by atoms with van der Waals surface area (Å²) < 4.78 is 0. The smallest absolute Gasteiger partial charge is 0.0788 e. The van der Waals surface area contributed by atoms with Gasteiger partial charge in [-0.3, -0.25) is 0 Å². The van der Waals surface area contributed by atoms with Gasteiger partial charge in [-0.25, -0.2) is 0 Å². The zero-order chi connectivity index (χ0) is 6.53. The summed E-state index contributed by atoms with van der Waals surface area (Å²) in [6.07, 6.45) is 0.956. The summed E-state index contributed by atoms with van der Waals surface area (Å²) in [5.74, 6) is 0. The Kier molecular flexibility index (Phi) is 10.9. The Balaban J connectivity index is 0. The molecule has 1 aliphatic rings. The van der Waals surface area contributed by atoms with Gasteiger partial charge in [0.05, 0.1) is 6.10 Å². The average molecular weight is 203 g/mol. The van der Waals surface area contributed by atoms with E-state index in [1.807, 2.05) is 0 Å². The third kappa shape index (κ3) is 6.84. The van der Waals surface area contributed by atoms with E-state index in [2.05, 4.69) is 10.6 Å². The van der Waals surface area contributed by atoms with E-state index in [1.165, 1.54) is 0 Å². The molecule has 0 aliphatic carbocycles. The van der Waals surface area contributed by atoms with Gasteiger partial charge in [0, 0.05) is 13.1 Å². The van der Waals surface area contributed by atoms with Crippen molar-refractivity contribution in [2.45, 2.75) is 12.5 Å². The van der Waals surface area contributed by atoms with E-state index in [1.54, 1.807) is 0 Å². The predicted octanol–water partition coefficient (Wildman–Crippen LogP) is -0.226. The van der Waals surface area contributed by atoms with Gasteiger partial charge in [-0.05, 0) is 19.5 Å². The summed E-state index contributed by atoms with van der Waals surface area (Å²) in [5, 5.41) is 15.4. The number of aliphatic hydroxyl groups is 1. The van der Waals surface area contributed by atoms with E-state index in [0.29, 0.717) is 0 Å². The molecule has 1 saturated heterocycles. The molecule has 1 heterocycles. The SMILES string of the molecule is Cl.Cl.OC1CNCCCNC1. The summed E-state index contributed by atoms with van der Waals surface area (Å²) >= 11 is 0. The monoisotopic (exact) mass is 202 g/mol. The lowest BCUT2D eigenvalue weighted by Gasteiger charge is -2.16. The third-order valence-electron chi connectivity index (χ3n) is 1.47. The molecular weight excluding hydrogens is 187 g/mol. The zero-order valence-corrected chi connectivity index (χ0v) is 8.01. The highest BCUT2D eigenvalue weighted by Crippen LogP contribution is 1.83. The van der Waals surface area contributed by atoms with E-state index in [9.17, 15) is 0 Å². The van der Waals surface area contributed by atoms with Crippen LogP contribution in [0.3, 0.4) is 0 Å². The van der Waals surface area contributed by atoms with Crippen molar-refractivity contribution in [1.82, 2.24) is 10.6 Å². The molecule has 0 aromatic heterocycles. The van der Waals surface area contributed by atoms with E-state index in [4.69, 9.17) is 5.11 Å². The fraction of sp³-hybridized carbons (Fsp3) is 1.00. The molecule has 0 spiro atoms. The van der Waals surface area contributed by atoms with Crippen LogP contribution in [0.4, 0.5) is 0 Å². The highest BCUT2D eigenvalue weighted by atomic mass is 35.5. The largest absolute Gasteiger partial charge is 0.390 e. The topological polar surface area (TPSA) is 44.3 Å². The van der Waals surface area contributed by atoms with Crippen LogP contribution in [0.1, 0.15) is 6.42 Å². The van der Waals surface area contributed by atoms with Gasteiger partial charge in [-0.2, -0.15) is 0 Å². The lowest BCUT2D eigenvalue weighted by molar-refractivity contribution is 0.163. The number of hydrogen-bond donors (Lipinski definition) is 3. The maximum Gasteiger partial charge on any atom is 0.0788 e. The Labute approximate surface area is 79.8 Å². The molecule has 0 radical (unpaired) electrons. The molecule has 5 heteroatoms. The highest BCUT2D eigenvalue weighted by Gasteiger charge is 2.04. The lowest BCUT2D eigenvalue weighted by Crippen LogP contribution is -2.39. The molecule has 1 aliphatic heterocycles. The molecule has 0 bridgehead atoms. The van der Waals surface area contributed by atoms with Crippen molar-refractivity contribution in [3.8, 4) is 0 Å². The van der Waals surface area contributed by atoms with Crippen LogP contribution in [-0.4, -0.2) is 37.4 Å². The predicted molar refractivity (Wildman–Crippen MR) is 50.9 cm³/mol. The number of hydrogen-bond acceptors (Lipinski definition) is 3. The van der Waals surface area contributed by atoms with Crippen LogP contribution < -0.4 is 10.6 Å². The number of β-amino-alcohol motifs (C(OH)–C–C–N with tert-alkyl or cyclic N) is 1. The van der Waals surface area contributed by atoms with E-state index in [-0.39, 0.29) is 30.9 Å². The third-order valence-corrected chi connectivity index (χ3v) is 1.47. The summed E-state index contributed by atoms with van der Waals surface area (Å²) in [6, 6.07) is 0. The van der Waals surface area contributed by atoms with Crippen molar-refractivity contribution < 1.29 is 5.11 Å². The van der Waals surface area contributed by atoms with E-state index >= 15 is 0 Å². The zero-order valence-electron chi connectivity index (χ0n) is 6.38. The molecule has 70 valence electrons. The first kappa shape index (κ1) is 14.0. The minimum atomic E-state index is -0.203. The van der Waals surface area contributed by atoms with Gasteiger partial charge in [0.15, 0.2) is 0 Å². The first-order chi connectivity index (χ1) is 4.39. The van der Waals surface area contributed by atoms with Gasteiger partial charge in [-0.1, -0.05) is 0 Å². The summed E-state index contributed by atoms with van der Waals surface area (Å²) in [7, 11) is 0. The van der Waals surface area contributed by atoms with Crippen LogP contribution in [0.2, 0.25) is 0 Å². The van der Waals surface area contributed by atoms with Crippen molar-refractivity contribution in [3.63, 3.8) is 0 Å². The van der Waals surface area contributed by atoms with Gasteiger partial charge in [0.25, 0.3) is 0 Å². The average Bonchev–Trinajstić information content (AvgIpc) is 1.79. The normalized spacial score (nSPS) is 20.5. The Morgan fingerprint density at radius 2 is 1.45 bits per heavy atom. The van der Waals surface area contributed by atoms with Crippen molar-refractivity contribution in [1.29, 1.82) is 0 Å². The minimum Gasteiger partial charge on any atom is -0.390 e. The number of halogens is 2. The van der Waals surface area contributed by atoms with Crippen LogP contribution in [0.5, 0.6) is 0 Å². The molecule has 11 heavy (non-hydrogen) atoms. The molecule has 0 aromatic carbocycles. The maximum absolute atomic E-state index is 9.09. The van der Waals surface area contributed by atoms with E-state index < -0.39 is 0 Å². The molecular formula is C6H16Cl2N2O. The van der Waals surface area contributed by atoms with Crippen LogP contribution in [0.25, 0.3) is 0 Å². The standard InChI is InChI=1S/C6H14N2O.2ClH/c9-6-4-7-2-1-3-8-5-6;;/h6-9H,1-5H2;2*1H. The van der Waals surface area contributed by atoms with Crippen LogP contribution in [-0.2, 0) is 0 Å². The summed E-state index contributed by atoms with van der Waals surface area (Å²) in [4.78, 5) is 0. The number of rotatable bonds is 0. The van der Waals surface area contributed by atoms with Gasteiger partial charge in [0.1, 0.15) is 0 Å². The Bertz CT molecular complexity index is 77.0. The molecule has 3 nitrogen and oxygen atoms in total. The van der Waals surface area contributed by atoms with Crippen LogP contribution in [0.15, 0.2) is 0 Å². The Morgan fingerprint density at radius 1 is 1.00 bits per heavy atom. The molecule has 0 saturated carbocycles. The summed E-state index contributed by atoms with van der Waals surface area (Å²) in [6.45, 7) is 3.49. The molecule has 0 unspecified atom stereocenters. The molecule has 1 rings (SSSR count). The van der Waals surface area contributed by atoms with Gasteiger partial charge < -0.3 is 15.7 Å². The first-order valence-corrected chi connectivity index (χ1v) is 3.49. The lowest BCUT2D eigenvalue weighted by atomic mass is 10.3. The second-order valence-corrected chi connectivity index (χ2v) is 2.42. The van der Waals surface area contributed by atoms with Gasteiger partial charge in [-0.15, -0.1) is 24.8 Å². The maximum atomic E-state index is 9.09. The molecule has 0 aromatic rings. The second kappa shape index (κ2) is 8.56. The molecule has 0 atom stereocenters. The Morgan fingerprint density at radius 3 is 1.91 bits per heavy atom. The van der Waals surface area contributed by atoms with Crippen molar-refractivity contribution in [3.05, 3.63) is 0 Å². The van der Waals surface area contributed by atoms with Crippen LogP contribution >= 0.6 is 24.8 Å². The fourth-order valence-corrected chi connectivity index (χ4v) is 0.948. The fourth-order valence-electron chi connectivity index (χ4n) is 0.948. The second-order valence-electron chi connectivity index (χ2n) is 2.42. The quantitative estimate of drug-likeness (QED) is 0.509. The molecule has 3 N–H and O–H groups in total. The minimum absolute atomic E-state index is 0. The number of nitrogens with one attached hydrogen (secondary N) is 2. The molecule has 1 fully saturated rings.